The maximum absolute atomic E-state index is 13.0. The molecule has 0 atom stereocenters. The number of nitrogens with two attached hydrogens (primary N) is 1. The lowest BCUT2D eigenvalue weighted by atomic mass is 10.0. The molecule has 0 aliphatic carbocycles. The van der Waals surface area contributed by atoms with Crippen LogP contribution in [0.5, 0.6) is 0 Å². The van der Waals surface area contributed by atoms with Crippen LogP contribution in [0.1, 0.15) is 26.5 Å². The lowest BCUT2D eigenvalue weighted by Gasteiger charge is -2.34. The van der Waals surface area contributed by atoms with Gasteiger partial charge in [-0.05, 0) is 32.9 Å². The van der Waals surface area contributed by atoms with Crippen molar-refractivity contribution in [2.75, 3.05) is 4.90 Å². The maximum atomic E-state index is 13.0. The quantitative estimate of drug-likeness (QED) is 0.910. The van der Waals surface area contributed by atoms with Gasteiger partial charge in [0.25, 0.3) is 5.56 Å². The van der Waals surface area contributed by atoms with Crippen molar-refractivity contribution in [2.24, 2.45) is 12.8 Å². The number of primary amides is 1. The Balaban J connectivity index is 2.78. The third-order valence-corrected chi connectivity index (χ3v) is 4.22. The number of hydrogen-bond donors (Lipinski definition) is 1. The molecule has 0 saturated heterocycles. The molecule has 1 aromatic heterocycles. The first-order valence-electron chi connectivity index (χ1n) is 7.55. The standard InChI is InChI=1S/C17H22N4O3/c1-11-14(20(12(2)22)17(3,4)16(18)24)15(23)21(19(11)5)13-9-7-6-8-10-13/h6-10H,1-5H3,(H2,18,24). The Morgan fingerprint density at radius 3 is 2.17 bits per heavy atom. The van der Waals surface area contributed by atoms with Gasteiger partial charge in [0.1, 0.15) is 11.2 Å². The molecule has 1 aromatic carbocycles. The van der Waals surface area contributed by atoms with Crippen molar-refractivity contribution in [3.63, 3.8) is 0 Å². The molecule has 2 aromatic rings. The number of rotatable bonds is 4. The normalized spacial score (nSPS) is 11.4. The molecule has 24 heavy (non-hydrogen) atoms. The van der Waals surface area contributed by atoms with Crippen LogP contribution in [0.15, 0.2) is 35.1 Å². The van der Waals surface area contributed by atoms with Crippen LogP contribution in [-0.4, -0.2) is 26.7 Å². The van der Waals surface area contributed by atoms with E-state index >= 15 is 0 Å². The fourth-order valence-corrected chi connectivity index (χ4v) is 2.75. The Morgan fingerprint density at radius 2 is 1.71 bits per heavy atom. The van der Waals surface area contributed by atoms with Gasteiger partial charge in [0.05, 0.1) is 11.4 Å². The largest absolute Gasteiger partial charge is 0.368 e. The summed E-state index contributed by atoms with van der Waals surface area (Å²) < 4.78 is 3.11. The zero-order valence-electron chi connectivity index (χ0n) is 14.5. The van der Waals surface area contributed by atoms with E-state index < -0.39 is 17.4 Å². The molecule has 2 amide bonds. The van der Waals surface area contributed by atoms with E-state index in [0.29, 0.717) is 11.4 Å². The van der Waals surface area contributed by atoms with Gasteiger partial charge in [-0.2, -0.15) is 0 Å². The summed E-state index contributed by atoms with van der Waals surface area (Å²) in [4.78, 5) is 38.3. The van der Waals surface area contributed by atoms with Gasteiger partial charge in [0.2, 0.25) is 11.8 Å². The van der Waals surface area contributed by atoms with Crippen molar-refractivity contribution < 1.29 is 9.59 Å². The summed E-state index contributed by atoms with van der Waals surface area (Å²) in [5, 5.41) is 0. The molecular weight excluding hydrogens is 308 g/mol. The van der Waals surface area contributed by atoms with E-state index in [1.54, 1.807) is 30.8 Å². The summed E-state index contributed by atoms with van der Waals surface area (Å²) in [5.74, 6) is -1.11. The molecular formula is C17H22N4O3. The van der Waals surface area contributed by atoms with Gasteiger partial charge in [0, 0.05) is 14.0 Å². The first-order chi connectivity index (χ1) is 11.1. The molecule has 128 valence electrons. The van der Waals surface area contributed by atoms with Gasteiger partial charge in [-0.25, -0.2) is 4.68 Å². The van der Waals surface area contributed by atoms with Crippen molar-refractivity contribution in [3.05, 3.63) is 46.4 Å². The molecule has 0 bridgehead atoms. The fraction of sp³-hybridized carbons (Fsp3) is 0.353. The van der Waals surface area contributed by atoms with E-state index in [9.17, 15) is 14.4 Å². The summed E-state index contributed by atoms with van der Waals surface area (Å²) in [6, 6.07) is 9.08. The second-order valence-corrected chi connectivity index (χ2v) is 6.19. The van der Waals surface area contributed by atoms with Crippen molar-refractivity contribution in [1.82, 2.24) is 9.36 Å². The summed E-state index contributed by atoms with van der Waals surface area (Å²) in [6.07, 6.45) is 0. The van der Waals surface area contributed by atoms with Crippen LogP contribution in [0.2, 0.25) is 0 Å². The summed E-state index contributed by atoms with van der Waals surface area (Å²) in [7, 11) is 1.73. The van der Waals surface area contributed by atoms with Crippen LogP contribution < -0.4 is 16.2 Å². The molecule has 7 nitrogen and oxygen atoms in total. The third-order valence-electron chi connectivity index (χ3n) is 4.22. The topological polar surface area (TPSA) is 90.3 Å². The SMILES string of the molecule is CC(=O)N(c1c(C)n(C)n(-c2ccccc2)c1=O)C(C)(C)C(N)=O. The average molecular weight is 330 g/mol. The van der Waals surface area contributed by atoms with E-state index in [1.165, 1.54) is 30.4 Å². The maximum Gasteiger partial charge on any atom is 0.295 e. The van der Waals surface area contributed by atoms with Gasteiger partial charge in [-0.3, -0.25) is 24.0 Å². The highest BCUT2D eigenvalue weighted by Crippen LogP contribution is 2.26. The zero-order chi connectivity index (χ0) is 18.2. The summed E-state index contributed by atoms with van der Waals surface area (Å²) >= 11 is 0. The van der Waals surface area contributed by atoms with Gasteiger partial charge in [0.15, 0.2) is 0 Å². The number of aromatic nitrogens is 2. The molecule has 1 heterocycles. The van der Waals surface area contributed by atoms with Crippen LogP contribution in [0.3, 0.4) is 0 Å². The van der Waals surface area contributed by atoms with E-state index in [1.807, 2.05) is 18.2 Å². The molecule has 0 radical (unpaired) electrons. The number of benzene rings is 1. The third kappa shape index (κ3) is 2.62. The number of carbonyl (C=O) groups excluding carboxylic acids is 2. The Bertz CT molecular complexity index is 847. The molecule has 0 aliphatic rings. The van der Waals surface area contributed by atoms with Gasteiger partial charge < -0.3 is 5.73 Å². The number of anilines is 1. The minimum absolute atomic E-state index is 0.151. The van der Waals surface area contributed by atoms with Gasteiger partial charge in [-0.15, -0.1) is 0 Å². The molecule has 0 aliphatic heterocycles. The van der Waals surface area contributed by atoms with Gasteiger partial charge in [-0.1, -0.05) is 18.2 Å². The lowest BCUT2D eigenvalue weighted by molar-refractivity contribution is -0.126. The molecule has 2 rings (SSSR count). The van der Waals surface area contributed by atoms with Crippen LogP contribution in [0.25, 0.3) is 5.69 Å². The predicted molar refractivity (Wildman–Crippen MR) is 92.2 cm³/mol. The minimum atomic E-state index is -1.33. The first-order valence-corrected chi connectivity index (χ1v) is 7.55. The number of carbonyl (C=O) groups is 2. The zero-order valence-corrected chi connectivity index (χ0v) is 14.5. The van der Waals surface area contributed by atoms with Gasteiger partial charge >= 0.3 is 0 Å². The van der Waals surface area contributed by atoms with Crippen molar-refractivity contribution in [1.29, 1.82) is 0 Å². The second-order valence-electron chi connectivity index (χ2n) is 6.19. The van der Waals surface area contributed by atoms with E-state index in [2.05, 4.69) is 0 Å². The first kappa shape index (κ1) is 17.5. The number of amides is 2. The van der Waals surface area contributed by atoms with Crippen LogP contribution >= 0.6 is 0 Å². The highest BCUT2D eigenvalue weighted by Gasteiger charge is 2.39. The highest BCUT2D eigenvalue weighted by atomic mass is 16.2. The van der Waals surface area contributed by atoms with Crippen LogP contribution in [-0.2, 0) is 16.6 Å². The minimum Gasteiger partial charge on any atom is -0.368 e. The van der Waals surface area contributed by atoms with Crippen LogP contribution in [0.4, 0.5) is 5.69 Å². The summed E-state index contributed by atoms with van der Waals surface area (Å²) in [6.45, 7) is 6.08. The molecule has 0 fully saturated rings. The predicted octanol–water partition coefficient (Wildman–Crippen LogP) is 1.10. The molecule has 2 N–H and O–H groups in total. The molecule has 7 heteroatoms. The number of nitrogens with zero attached hydrogens (tertiary/aromatic N) is 3. The second kappa shape index (κ2) is 5.99. The number of para-hydroxylation sites is 1. The molecule has 0 unspecified atom stereocenters. The molecule has 0 spiro atoms. The Labute approximate surface area is 140 Å². The van der Waals surface area contributed by atoms with E-state index in [-0.39, 0.29) is 11.2 Å². The lowest BCUT2D eigenvalue weighted by Crippen LogP contribution is -2.57. The fourth-order valence-electron chi connectivity index (χ4n) is 2.75. The monoisotopic (exact) mass is 330 g/mol. The van der Waals surface area contributed by atoms with Crippen molar-refractivity contribution in [3.8, 4) is 5.69 Å². The smallest absolute Gasteiger partial charge is 0.295 e. The Kier molecular flexibility index (Phi) is 4.38. The Morgan fingerprint density at radius 1 is 1.17 bits per heavy atom. The van der Waals surface area contributed by atoms with Crippen molar-refractivity contribution >= 4 is 17.5 Å². The summed E-state index contributed by atoms with van der Waals surface area (Å²) in [5.41, 5.74) is 5.12. The number of hydrogen-bond acceptors (Lipinski definition) is 3. The molecule has 0 saturated carbocycles. The average Bonchev–Trinajstić information content (AvgIpc) is 2.71. The van der Waals surface area contributed by atoms with E-state index in [0.717, 1.165) is 0 Å². The highest BCUT2D eigenvalue weighted by molar-refractivity contribution is 6.01. The Hall–Kier alpha value is -2.83. The van der Waals surface area contributed by atoms with Crippen molar-refractivity contribution in [2.45, 2.75) is 33.2 Å². The van der Waals surface area contributed by atoms with Crippen LogP contribution in [0, 0.1) is 6.92 Å². The van der Waals surface area contributed by atoms with E-state index in [4.69, 9.17) is 5.73 Å².